The van der Waals surface area contributed by atoms with Crippen LogP contribution < -0.4 is 4.90 Å². The average Bonchev–Trinajstić information content (AvgIpc) is 3.03. The molecule has 2 fully saturated rings. The van der Waals surface area contributed by atoms with Gasteiger partial charge in [0.2, 0.25) is 0 Å². The first-order valence-electron chi connectivity index (χ1n) is 9.18. The Morgan fingerprint density at radius 1 is 0.926 bits per heavy atom. The maximum atomic E-state index is 13.3. The van der Waals surface area contributed by atoms with Gasteiger partial charge in [-0.15, -0.1) is 0 Å². The van der Waals surface area contributed by atoms with Crippen LogP contribution in [-0.4, -0.2) is 42.9 Å². The lowest BCUT2D eigenvalue weighted by molar-refractivity contribution is 0.206. The fourth-order valence-electron chi connectivity index (χ4n) is 4.11. The van der Waals surface area contributed by atoms with Crippen LogP contribution >= 0.6 is 0 Å². The number of sulfone groups is 1. The zero-order valence-electron chi connectivity index (χ0n) is 15.8. The van der Waals surface area contributed by atoms with Crippen LogP contribution in [0.25, 0.3) is 0 Å². The molecule has 2 aliphatic rings. The van der Waals surface area contributed by atoms with Crippen LogP contribution in [0.5, 0.6) is 0 Å². The Hall–Kier alpha value is -2.34. The van der Waals surface area contributed by atoms with E-state index >= 15 is 0 Å². The Morgan fingerprint density at radius 2 is 1.56 bits per heavy atom. The van der Waals surface area contributed by atoms with Gasteiger partial charge in [-0.1, -0.05) is 42.0 Å². The molecule has 0 aliphatic carbocycles. The van der Waals surface area contributed by atoms with Crippen molar-refractivity contribution in [2.24, 2.45) is 0 Å². The average molecular weight is 385 g/mol. The standard InChI is InChI=1S/C21H24N2O3S/c1-14-5-8-17(9-6-14)11-22-19-12-27(25,26)13-20(19)23(21(22)24)18-10-15(2)4-7-16(18)3/h4-10,19-20H,11-13H2,1-3H3/t19-,20+/m1/s1. The zero-order valence-corrected chi connectivity index (χ0v) is 16.7. The van der Waals surface area contributed by atoms with Gasteiger partial charge in [0, 0.05) is 12.2 Å². The Bertz CT molecular complexity index is 999. The molecule has 5 nitrogen and oxygen atoms in total. The summed E-state index contributed by atoms with van der Waals surface area (Å²) < 4.78 is 24.7. The summed E-state index contributed by atoms with van der Waals surface area (Å²) >= 11 is 0. The highest BCUT2D eigenvalue weighted by molar-refractivity contribution is 7.91. The fourth-order valence-corrected chi connectivity index (χ4v) is 6.06. The predicted molar refractivity (Wildman–Crippen MR) is 107 cm³/mol. The molecule has 0 radical (unpaired) electrons. The van der Waals surface area contributed by atoms with E-state index in [1.54, 1.807) is 9.80 Å². The number of carbonyl (C=O) groups is 1. The van der Waals surface area contributed by atoms with E-state index in [1.807, 2.05) is 63.2 Å². The summed E-state index contributed by atoms with van der Waals surface area (Å²) in [5.74, 6) is 0.0673. The van der Waals surface area contributed by atoms with Crippen LogP contribution in [0.3, 0.4) is 0 Å². The summed E-state index contributed by atoms with van der Waals surface area (Å²) in [5, 5.41) is 0. The van der Waals surface area contributed by atoms with Gasteiger partial charge in [0.15, 0.2) is 9.84 Å². The Morgan fingerprint density at radius 3 is 2.26 bits per heavy atom. The maximum Gasteiger partial charge on any atom is 0.325 e. The summed E-state index contributed by atoms with van der Waals surface area (Å²) in [4.78, 5) is 16.8. The smallest absolute Gasteiger partial charge is 0.314 e. The van der Waals surface area contributed by atoms with Crippen molar-refractivity contribution in [3.05, 3.63) is 64.7 Å². The summed E-state index contributed by atoms with van der Waals surface area (Å²) in [6, 6.07) is 13.3. The molecule has 6 heteroatoms. The number of anilines is 1. The quantitative estimate of drug-likeness (QED) is 0.764. The molecular weight excluding hydrogens is 360 g/mol. The van der Waals surface area contributed by atoms with E-state index in [1.165, 1.54) is 0 Å². The van der Waals surface area contributed by atoms with E-state index in [4.69, 9.17) is 0 Å². The number of rotatable bonds is 3. The first kappa shape index (κ1) is 18.0. The third kappa shape index (κ3) is 3.23. The van der Waals surface area contributed by atoms with Gasteiger partial charge in [0.25, 0.3) is 0 Å². The molecule has 0 N–H and O–H groups in total. The normalized spacial score (nSPS) is 23.7. The van der Waals surface area contributed by atoms with Gasteiger partial charge in [-0.2, -0.15) is 0 Å². The van der Waals surface area contributed by atoms with Crippen molar-refractivity contribution in [1.29, 1.82) is 0 Å². The summed E-state index contributed by atoms with van der Waals surface area (Å²) in [6.45, 7) is 6.39. The highest BCUT2D eigenvalue weighted by atomic mass is 32.2. The molecule has 2 atom stereocenters. The molecule has 2 amide bonds. The summed E-state index contributed by atoms with van der Waals surface area (Å²) in [5.41, 5.74) is 5.02. The number of hydrogen-bond acceptors (Lipinski definition) is 3. The van der Waals surface area contributed by atoms with Gasteiger partial charge in [-0.3, -0.25) is 4.90 Å². The zero-order chi connectivity index (χ0) is 19.3. The number of nitrogens with zero attached hydrogens (tertiary/aromatic N) is 2. The molecule has 4 rings (SSSR count). The fraction of sp³-hybridized carbons (Fsp3) is 0.381. The predicted octanol–water partition coefficient (Wildman–Crippen LogP) is 3.22. The van der Waals surface area contributed by atoms with E-state index in [9.17, 15) is 13.2 Å². The van der Waals surface area contributed by atoms with E-state index < -0.39 is 9.84 Å². The lowest BCUT2D eigenvalue weighted by Crippen LogP contribution is -2.38. The molecular formula is C21H24N2O3S. The highest BCUT2D eigenvalue weighted by Gasteiger charge is 2.54. The molecule has 2 aromatic carbocycles. The SMILES string of the molecule is Cc1ccc(CN2C(=O)N(c3cc(C)ccc3C)[C@H]3CS(=O)(=O)C[C@H]32)cc1. The van der Waals surface area contributed by atoms with E-state index in [0.29, 0.717) is 6.54 Å². The number of fused-ring (bicyclic) bond motifs is 1. The molecule has 0 aromatic heterocycles. The Labute approximate surface area is 160 Å². The first-order valence-corrected chi connectivity index (χ1v) is 11.0. The Balaban J connectivity index is 1.73. The highest BCUT2D eigenvalue weighted by Crippen LogP contribution is 2.37. The van der Waals surface area contributed by atoms with Crippen molar-refractivity contribution in [2.45, 2.75) is 39.4 Å². The van der Waals surface area contributed by atoms with Gasteiger partial charge in [-0.25, -0.2) is 13.2 Å². The molecule has 0 saturated carbocycles. The number of aryl methyl sites for hydroxylation is 3. The maximum absolute atomic E-state index is 13.3. The van der Waals surface area contributed by atoms with Crippen molar-refractivity contribution in [3.63, 3.8) is 0 Å². The number of amides is 2. The number of urea groups is 1. The lowest BCUT2D eigenvalue weighted by atomic mass is 10.1. The number of benzene rings is 2. The van der Waals surface area contributed by atoms with Crippen molar-refractivity contribution in [2.75, 3.05) is 16.4 Å². The molecule has 2 heterocycles. The Kier molecular flexibility index (Phi) is 4.26. The van der Waals surface area contributed by atoms with Gasteiger partial charge >= 0.3 is 6.03 Å². The minimum absolute atomic E-state index is 0.0290. The molecule has 2 aromatic rings. The van der Waals surface area contributed by atoms with Crippen LogP contribution in [-0.2, 0) is 16.4 Å². The van der Waals surface area contributed by atoms with Crippen molar-refractivity contribution in [1.82, 2.24) is 4.90 Å². The number of carbonyl (C=O) groups excluding carboxylic acids is 1. The third-order valence-electron chi connectivity index (χ3n) is 5.57. The molecule has 2 aliphatic heterocycles. The van der Waals surface area contributed by atoms with Gasteiger partial charge < -0.3 is 4.90 Å². The third-order valence-corrected chi connectivity index (χ3v) is 7.27. The van der Waals surface area contributed by atoms with E-state index in [-0.39, 0.29) is 29.6 Å². The van der Waals surface area contributed by atoms with Gasteiger partial charge in [-0.05, 0) is 43.5 Å². The molecule has 27 heavy (non-hydrogen) atoms. The van der Waals surface area contributed by atoms with Crippen molar-refractivity contribution >= 4 is 21.6 Å². The van der Waals surface area contributed by atoms with E-state index in [0.717, 1.165) is 27.9 Å². The molecule has 0 spiro atoms. The van der Waals surface area contributed by atoms with E-state index in [2.05, 4.69) is 0 Å². The minimum Gasteiger partial charge on any atom is -0.314 e. The van der Waals surface area contributed by atoms with Crippen LogP contribution in [0.1, 0.15) is 22.3 Å². The minimum atomic E-state index is -3.16. The lowest BCUT2D eigenvalue weighted by Gasteiger charge is -2.24. The second-order valence-corrected chi connectivity index (χ2v) is 9.92. The second kappa shape index (κ2) is 6.37. The van der Waals surface area contributed by atoms with Gasteiger partial charge in [0.1, 0.15) is 0 Å². The van der Waals surface area contributed by atoms with Crippen LogP contribution in [0.15, 0.2) is 42.5 Å². The largest absolute Gasteiger partial charge is 0.325 e. The van der Waals surface area contributed by atoms with Crippen LogP contribution in [0.4, 0.5) is 10.5 Å². The monoisotopic (exact) mass is 384 g/mol. The molecule has 0 unspecified atom stereocenters. The topological polar surface area (TPSA) is 57.7 Å². The van der Waals surface area contributed by atoms with Crippen LogP contribution in [0, 0.1) is 20.8 Å². The van der Waals surface area contributed by atoms with Crippen molar-refractivity contribution < 1.29 is 13.2 Å². The first-order chi connectivity index (χ1) is 12.7. The van der Waals surface area contributed by atoms with Crippen LogP contribution in [0.2, 0.25) is 0 Å². The summed E-state index contributed by atoms with van der Waals surface area (Å²) in [7, 11) is -3.16. The second-order valence-electron chi connectivity index (χ2n) is 7.77. The molecule has 142 valence electrons. The molecule has 2 saturated heterocycles. The summed E-state index contributed by atoms with van der Waals surface area (Å²) in [6.07, 6.45) is 0. The molecule has 0 bridgehead atoms. The van der Waals surface area contributed by atoms with Crippen molar-refractivity contribution in [3.8, 4) is 0 Å². The van der Waals surface area contributed by atoms with Gasteiger partial charge in [0.05, 0.1) is 23.6 Å². The number of hydrogen-bond donors (Lipinski definition) is 0.